The molecule has 0 aromatic heterocycles. The zero-order valence-corrected chi connectivity index (χ0v) is 18.6. The molecular formula is C29H40. The lowest BCUT2D eigenvalue weighted by Crippen LogP contribution is -2.15. The van der Waals surface area contributed by atoms with Crippen molar-refractivity contribution in [3.63, 3.8) is 0 Å². The van der Waals surface area contributed by atoms with Crippen molar-refractivity contribution in [3.8, 4) is 11.1 Å². The van der Waals surface area contributed by atoms with Crippen LogP contribution in [0.15, 0.2) is 42.5 Å². The van der Waals surface area contributed by atoms with E-state index in [1.807, 2.05) is 5.56 Å². The molecule has 0 heteroatoms. The maximum atomic E-state index is 2.56. The van der Waals surface area contributed by atoms with Gasteiger partial charge in [-0.3, -0.25) is 0 Å². The largest absolute Gasteiger partial charge is 0.0654 e. The third-order valence-electron chi connectivity index (χ3n) is 7.56. The van der Waals surface area contributed by atoms with Crippen LogP contribution in [0.2, 0.25) is 0 Å². The van der Waals surface area contributed by atoms with Crippen LogP contribution < -0.4 is 0 Å². The molecule has 2 saturated carbocycles. The molecule has 0 aliphatic heterocycles. The van der Waals surface area contributed by atoms with Crippen LogP contribution in [0, 0.1) is 0 Å². The van der Waals surface area contributed by atoms with Gasteiger partial charge in [0.05, 0.1) is 0 Å². The molecule has 0 heterocycles. The van der Waals surface area contributed by atoms with Gasteiger partial charge in [0, 0.05) is 0 Å². The number of hydrogen-bond acceptors (Lipinski definition) is 0. The Labute approximate surface area is 179 Å². The Morgan fingerprint density at radius 3 is 2.00 bits per heavy atom. The fourth-order valence-electron chi connectivity index (χ4n) is 6.04. The van der Waals surface area contributed by atoms with E-state index >= 15 is 0 Å². The van der Waals surface area contributed by atoms with Gasteiger partial charge in [-0.15, -0.1) is 0 Å². The highest BCUT2D eigenvalue weighted by atomic mass is 14.3. The summed E-state index contributed by atoms with van der Waals surface area (Å²) in [6.07, 6.45) is 19.5. The molecule has 0 N–H and O–H groups in total. The predicted molar refractivity (Wildman–Crippen MR) is 127 cm³/mol. The lowest BCUT2D eigenvalue weighted by atomic mass is 9.72. The lowest BCUT2D eigenvalue weighted by Gasteiger charge is -2.33. The summed E-state index contributed by atoms with van der Waals surface area (Å²) in [4.78, 5) is 0. The molecule has 0 bridgehead atoms. The van der Waals surface area contributed by atoms with Gasteiger partial charge in [0.15, 0.2) is 0 Å². The van der Waals surface area contributed by atoms with Gasteiger partial charge in [-0.2, -0.15) is 0 Å². The third-order valence-corrected chi connectivity index (χ3v) is 7.56. The number of benzene rings is 2. The van der Waals surface area contributed by atoms with E-state index in [9.17, 15) is 0 Å². The molecule has 2 aromatic carbocycles. The summed E-state index contributed by atoms with van der Waals surface area (Å²) in [6.45, 7) is 2.33. The molecule has 0 saturated heterocycles. The van der Waals surface area contributed by atoms with Crippen LogP contribution in [0.4, 0.5) is 0 Å². The molecule has 29 heavy (non-hydrogen) atoms. The average molecular weight is 389 g/mol. The van der Waals surface area contributed by atoms with Gasteiger partial charge < -0.3 is 0 Å². The standard InChI is InChI=1S/C29H40/c1-2-3-7-20-28-26(23-14-8-4-9-15-23)21-22-27(24-16-10-5-11-17-24)29(28)25-18-12-6-13-19-25/h4,8-9,14-15,21-22,24-25H,2-3,5-7,10-13,16-20H2,1H3. The van der Waals surface area contributed by atoms with E-state index in [0.29, 0.717) is 0 Å². The first-order chi connectivity index (χ1) is 14.4. The topological polar surface area (TPSA) is 0 Å². The average Bonchev–Trinajstić information content (AvgIpc) is 2.80. The van der Waals surface area contributed by atoms with Crippen LogP contribution in [0.1, 0.15) is 119 Å². The second-order valence-corrected chi connectivity index (χ2v) is 9.59. The Bertz CT molecular complexity index is 745. The van der Waals surface area contributed by atoms with Crippen molar-refractivity contribution in [2.75, 3.05) is 0 Å². The summed E-state index contributed by atoms with van der Waals surface area (Å²) in [7, 11) is 0. The maximum absolute atomic E-state index is 2.56. The van der Waals surface area contributed by atoms with Crippen molar-refractivity contribution in [2.45, 2.75) is 109 Å². The Kier molecular flexibility index (Phi) is 7.47. The second-order valence-electron chi connectivity index (χ2n) is 9.59. The van der Waals surface area contributed by atoms with Crippen molar-refractivity contribution < 1.29 is 0 Å². The molecule has 0 amide bonds. The van der Waals surface area contributed by atoms with Crippen molar-refractivity contribution in [2.24, 2.45) is 0 Å². The third kappa shape index (κ3) is 4.96. The van der Waals surface area contributed by atoms with Crippen molar-refractivity contribution in [1.29, 1.82) is 0 Å². The fourth-order valence-corrected chi connectivity index (χ4v) is 6.04. The molecule has 0 atom stereocenters. The van der Waals surface area contributed by atoms with Crippen LogP contribution in [-0.4, -0.2) is 0 Å². The zero-order chi connectivity index (χ0) is 19.9. The minimum atomic E-state index is 0.806. The minimum Gasteiger partial charge on any atom is -0.0654 e. The summed E-state index contributed by atoms with van der Waals surface area (Å²) < 4.78 is 0. The van der Waals surface area contributed by atoms with Crippen molar-refractivity contribution in [1.82, 2.24) is 0 Å². The Morgan fingerprint density at radius 1 is 0.690 bits per heavy atom. The smallest absolute Gasteiger partial charge is 0.0149 e. The van der Waals surface area contributed by atoms with E-state index in [0.717, 1.165) is 11.8 Å². The lowest BCUT2D eigenvalue weighted by molar-refractivity contribution is 0.417. The van der Waals surface area contributed by atoms with E-state index in [-0.39, 0.29) is 0 Å². The summed E-state index contributed by atoms with van der Waals surface area (Å²) >= 11 is 0. The molecule has 0 nitrogen and oxygen atoms in total. The second kappa shape index (κ2) is 10.5. The van der Waals surface area contributed by atoms with Gasteiger partial charge >= 0.3 is 0 Å². The van der Waals surface area contributed by atoms with Crippen LogP contribution >= 0.6 is 0 Å². The normalized spacial score (nSPS) is 18.8. The number of rotatable bonds is 7. The highest BCUT2D eigenvalue weighted by Crippen LogP contribution is 2.45. The minimum absolute atomic E-state index is 0.806. The van der Waals surface area contributed by atoms with Crippen LogP contribution in [0.3, 0.4) is 0 Å². The van der Waals surface area contributed by atoms with Crippen molar-refractivity contribution >= 4 is 0 Å². The zero-order valence-electron chi connectivity index (χ0n) is 18.6. The highest BCUT2D eigenvalue weighted by molar-refractivity contribution is 5.70. The molecule has 2 aromatic rings. The maximum Gasteiger partial charge on any atom is -0.0149 e. The molecular weight excluding hydrogens is 348 g/mol. The summed E-state index contributed by atoms with van der Waals surface area (Å²) in [6, 6.07) is 16.3. The quantitative estimate of drug-likeness (QED) is 0.415. The van der Waals surface area contributed by atoms with Crippen molar-refractivity contribution in [3.05, 3.63) is 59.2 Å². The summed E-state index contributed by atoms with van der Waals surface area (Å²) in [5.74, 6) is 1.62. The van der Waals surface area contributed by atoms with E-state index in [1.54, 1.807) is 11.1 Å². The van der Waals surface area contributed by atoms with E-state index < -0.39 is 0 Å². The Hall–Kier alpha value is -1.56. The van der Waals surface area contributed by atoms with Gasteiger partial charge in [0.2, 0.25) is 0 Å². The van der Waals surface area contributed by atoms with E-state index in [4.69, 9.17) is 0 Å². The molecule has 2 aliphatic rings. The monoisotopic (exact) mass is 388 g/mol. The molecule has 2 fully saturated rings. The van der Waals surface area contributed by atoms with Crippen LogP contribution in [0.5, 0.6) is 0 Å². The molecule has 0 spiro atoms. The molecule has 4 rings (SSSR count). The fraction of sp³-hybridized carbons (Fsp3) is 0.586. The van der Waals surface area contributed by atoms with Gasteiger partial charge in [-0.05, 0) is 78.2 Å². The Morgan fingerprint density at radius 2 is 1.34 bits per heavy atom. The summed E-state index contributed by atoms with van der Waals surface area (Å²) in [5, 5.41) is 0. The predicted octanol–water partition coefficient (Wildman–Crippen LogP) is 9.18. The molecule has 2 aliphatic carbocycles. The summed E-state index contributed by atoms with van der Waals surface area (Å²) in [5.41, 5.74) is 8.24. The van der Waals surface area contributed by atoms with E-state index in [2.05, 4.69) is 49.4 Å². The Balaban J connectivity index is 1.81. The van der Waals surface area contributed by atoms with Gasteiger partial charge in [-0.1, -0.05) is 101 Å². The SMILES string of the molecule is CCCCCc1c(-c2ccccc2)ccc(C2CCCCC2)c1C1CCCCC1. The van der Waals surface area contributed by atoms with Gasteiger partial charge in [0.25, 0.3) is 0 Å². The highest BCUT2D eigenvalue weighted by Gasteiger charge is 2.27. The van der Waals surface area contributed by atoms with E-state index in [1.165, 1.54) is 101 Å². The number of unbranched alkanes of at least 4 members (excludes halogenated alkanes) is 2. The first kappa shape index (κ1) is 20.7. The molecule has 0 unspecified atom stereocenters. The van der Waals surface area contributed by atoms with Crippen LogP contribution in [0.25, 0.3) is 11.1 Å². The first-order valence-electron chi connectivity index (χ1n) is 12.6. The first-order valence-corrected chi connectivity index (χ1v) is 12.6. The van der Waals surface area contributed by atoms with Crippen LogP contribution in [-0.2, 0) is 6.42 Å². The van der Waals surface area contributed by atoms with Gasteiger partial charge in [-0.25, -0.2) is 0 Å². The molecule has 156 valence electrons. The molecule has 0 radical (unpaired) electrons. The van der Waals surface area contributed by atoms with Gasteiger partial charge in [0.1, 0.15) is 0 Å². The number of hydrogen-bond donors (Lipinski definition) is 0.